The zero-order chi connectivity index (χ0) is 15.0. The van der Waals surface area contributed by atoms with Gasteiger partial charge in [0.2, 0.25) is 11.8 Å². The smallest absolute Gasteiger partial charge is 0.237 e. The molecule has 21 heavy (non-hydrogen) atoms. The lowest BCUT2D eigenvalue weighted by molar-refractivity contribution is -0.122. The van der Waals surface area contributed by atoms with Gasteiger partial charge in [-0.2, -0.15) is 0 Å². The van der Waals surface area contributed by atoms with Crippen LogP contribution in [0, 0.1) is 11.8 Å². The number of carbonyl (C=O) groups excluding carboxylic acids is 2. The Morgan fingerprint density at radius 2 is 1.62 bits per heavy atom. The van der Waals surface area contributed by atoms with E-state index in [1.807, 2.05) is 0 Å². The first-order chi connectivity index (χ1) is 10.1. The number of benzene rings is 1. The lowest BCUT2D eigenvalue weighted by Crippen LogP contribution is -2.30. The molecule has 1 saturated carbocycles. The zero-order valence-corrected chi connectivity index (χ0v) is 12.0. The molecule has 1 heterocycles. The summed E-state index contributed by atoms with van der Waals surface area (Å²) in [6, 6.07) is 6.98. The van der Waals surface area contributed by atoms with Gasteiger partial charge in [0.1, 0.15) is 0 Å². The second-order valence-electron chi connectivity index (χ2n) is 5.74. The molecule has 1 aromatic carbocycles. The first-order valence-corrected chi connectivity index (χ1v) is 7.30. The molecule has 5 nitrogen and oxygen atoms in total. The quantitative estimate of drug-likeness (QED) is 0.393. The summed E-state index contributed by atoms with van der Waals surface area (Å²) < 4.78 is 0. The van der Waals surface area contributed by atoms with E-state index in [2.05, 4.69) is 5.16 Å². The van der Waals surface area contributed by atoms with Gasteiger partial charge in [-0.1, -0.05) is 30.1 Å². The third-order valence-corrected chi connectivity index (χ3v) is 4.53. The fourth-order valence-electron chi connectivity index (χ4n) is 3.33. The van der Waals surface area contributed by atoms with Crippen LogP contribution in [-0.2, 0) is 9.59 Å². The van der Waals surface area contributed by atoms with Crippen LogP contribution in [0.1, 0.15) is 38.2 Å². The van der Waals surface area contributed by atoms with Crippen molar-refractivity contribution in [1.82, 2.24) is 0 Å². The highest BCUT2D eigenvalue weighted by atomic mass is 16.4. The summed E-state index contributed by atoms with van der Waals surface area (Å²) >= 11 is 0. The topological polar surface area (TPSA) is 70.0 Å². The summed E-state index contributed by atoms with van der Waals surface area (Å²) in [5, 5.41) is 11.9. The maximum atomic E-state index is 12.5. The van der Waals surface area contributed by atoms with Gasteiger partial charge in [0.05, 0.1) is 23.2 Å². The van der Waals surface area contributed by atoms with E-state index in [0.29, 0.717) is 11.4 Å². The number of oxime groups is 1. The van der Waals surface area contributed by atoms with Crippen molar-refractivity contribution in [2.75, 3.05) is 4.90 Å². The molecule has 0 aromatic heterocycles. The van der Waals surface area contributed by atoms with E-state index in [4.69, 9.17) is 5.21 Å². The molecule has 0 radical (unpaired) electrons. The van der Waals surface area contributed by atoms with Crippen molar-refractivity contribution >= 4 is 23.2 Å². The SMILES string of the molecule is CC(=NO)c1ccc(N2C(=O)C3CCCCC3C2=O)cc1. The Bertz CT molecular complexity index is 582. The summed E-state index contributed by atoms with van der Waals surface area (Å²) in [5.41, 5.74) is 1.86. The van der Waals surface area contributed by atoms with E-state index in [1.54, 1.807) is 31.2 Å². The molecular formula is C16H18N2O3. The number of fused-ring (bicyclic) bond motifs is 1. The number of carbonyl (C=O) groups is 2. The maximum absolute atomic E-state index is 12.5. The van der Waals surface area contributed by atoms with Crippen LogP contribution in [0.15, 0.2) is 29.4 Å². The van der Waals surface area contributed by atoms with Crippen LogP contribution in [0.2, 0.25) is 0 Å². The molecule has 1 aliphatic heterocycles. The standard InChI is InChI=1S/C16H18N2O3/c1-10(17-21)11-6-8-12(9-7-11)18-15(19)13-4-2-3-5-14(13)16(18)20/h6-9,13-14,21H,2-5H2,1H3. The Balaban J connectivity index is 1.89. The largest absolute Gasteiger partial charge is 0.411 e. The van der Waals surface area contributed by atoms with Crippen molar-refractivity contribution in [3.8, 4) is 0 Å². The van der Waals surface area contributed by atoms with Gasteiger partial charge in [0.15, 0.2) is 0 Å². The third kappa shape index (κ3) is 2.22. The number of hydrogen-bond acceptors (Lipinski definition) is 4. The predicted octanol–water partition coefficient (Wildman–Crippen LogP) is 2.56. The molecular weight excluding hydrogens is 268 g/mol. The van der Waals surface area contributed by atoms with Gasteiger partial charge in [-0.25, -0.2) is 0 Å². The van der Waals surface area contributed by atoms with E-state index in [0.717, 1.165) is 31.2 Å². The molecule has 5 heteroatoms. The zero-order valence-electron chi connectivity index (χ0n) is 12.0. The molecule has 2 aliphatic rings. The van der Waals surface area contributed by atoms with Crippen LogP contribution in [0.5, 0.6) is 0 Å². The maximum Gasteiger partial charge on any atom is 0.237 e. The van der Waals surface area contributed by atoms with Gasteiger partial charge in [0.25, 0.3) is 0 Å². The van der Waals surface area contributed by atoms with E-state index < -0.39 is 0 Å². The normalized spacial score (nSPS) is 26.1. The van der Waals surface area contributed by atoms with Gasteiger partial charge >= 0.3 is 0 Å². The minimum Gasteiger partial charge on any atom is -0.411 e. The second kappa shape index (κ2) is 5.31. The molecule has 1 aliphatic carbocycles. The van der Waals surface area contributed by atoms with Gasteiger partial charge in [-0.15, -0.1) is 0 Å². The molecule has 0 spiro atoms. The lowest BCUT2D eigenvalue weighted by Gasteiger charge is -2.19. The molecule has 1 saturated heterocycles. The minimum atomic E-state index is -0.133. The number of nitrogens with zero attached hydrogens (tertiary/aromatic N) is 2. The van der Waals surface area contributed by atoms with E-state index in [9.17, 15) is 9.59 Å². The summed E-state index contributed by atoms with van der Waals surface area (Å²) in [6.45, 7) is 1.69. The van der Waals surface area contributed by atoms with Crippen LogP contribution in [0.4, 0.5) is 5.69 Å². The Kier molecular flexibility index (Phi) is 3.49. The molecule has 0 bridgehead atoms. The second-order valence-corrected chi connectivity index (χ2v) is 5.74. The first-order valence-electron chi connectivity index (χ1n) is 7.30. The van der Waals surface area contributed by atoms with E-state index in [-0.39, 0.29) is 23.7 Å². The van der Waals surface area contributed by atoms with E-state index >= 15 is 0 Å². The van der Waals surface area contributed by atoms with Gasteiger partial charge in [-0.3, -0.25) is 14.5 Å². The Hall–Kier alpha value is -2.17. The van der Waals surface area contributed by atoms with E-state index in [1.165, 1.54) is 4.90 Å². The number of amides is 2. The average Bonchev–Trinajstić information content (AvgIpc) is 2.79. The van der Waals surface area contributed by atoms with Crippen molar-refractivity contribution in [3.63, 3.8) is 0 Å². The van der Waals surface area contributed by atoms with Crippen molar-refractivity contribution < 1.29 is 14.8 Å². The Morgan fingerprint density at radius 1 is 1.10 bits per heavy atom. The fourth-order valence-corrected chi connectivity index (χ4v) is 3.33. The van der Waals surface area contributed by atoms with Crippen LogP contribution in [0.3, 0.4) is 0 Å². The molecule has 2 atom stereocenters. The van der Waals surface area contributed by atoms with Crippen LogP contribution in [0.25, 0.3) is 0 Å². The van der Waals surface area contributed by atoms with Crippen molar-refractivity contribution in [2.45, 2.75) is 32.6 Å². The molecule has 1 aromatic rings. The summed E-state index contributed by atoms with van der Waals surface area (Å²) in [7, 11) is 0. The highest BCUT2D eigenvalue weighted by molar-refractivity contribution is 6.22. The van der Waals surface area contributed by atoms with Gasteiger partial charge in [-0.05, 0) is 37.5 Å². The molecule has 110 valence electrons. The highest BCUT2D eigenvalue weighted by Crippen LogP contribution is 2.39. The monoisotopic (exact) mass is 286 g/mol. The predicted molar refractivity (Wildman–Crippen MR) is 78.4 cm³/mol. The van der Waals surface area contributed by atoms with Crippen LogP contribution in [-0.4, -0.2) is 22.7 Å². The van der Waals surface area contributed by atoms with Crippen LogP contribution < -0.4 is 4.90 Å². The highest BCUT2D eigenvalue weighted by Gasteiger charge is 2.48. The molecule has 3 rings (SSSR count). The fraction of sp³-hybridized carbons (Fsp3) is 0.438. The Morgan fingerprint density at radius 3 is 2.10 bits per heavy atom. The third-order valence-electron chi connectivity index (χ3n) is 4.53. The molecule has 1 N–H and O–H groups in total. The van der Waals surface area contributed by atoms with Crippen molar-refractivity contribution in [2.24, 2.45) is 17.0 Å². The summed E-state index contributed by atoms with van der Waals surface area (Å²) in [4.78, 5) is 26.3. The number of anilines is 1. The number of imide groups is 1. The molecule has 2 unspecified atom stereocenters. The average molecular weight is 286 g/mol. The number of rotatable bonds is 2. The summed E-state index contributed by atoms with van der Waals surface area (Å²) in [5.74, 6) is -0.395. The first kappa shape index (κ1) is 13.8. The Labute approximate surface area is 123 Å². The van der Waals surface area contributed by atoms with Crippen LogP contribution >= 0.6 is 0 Å². The van der Waals surface area contributed by atoms with Gasteiger partial charge < -0.3 is 5.21 Å². The lowest BCUT2D eigenvalue weighted by atomic mass is 9.81. The molecule has 2 fully saturated rings. The minimum absolute atomic E-state index is 0.0648. The van der Waals surface area contributed by atoms with Crippen molar-refractivity contribution in [3.05, 3.63) is 29.8 Å². The van der Waals surface area contributed by atoms with Crippen molar-refractivity contribution in [1.29, 1.82) is 0 Å². The van der Waals surface area contributed by atoms with Gasteiger partial charge in [0, 0.05) is 0 Å². The number of hydrogen-bond donors (Lipinski definition) is 1. The molecule has 2 amide bonds. The summed E-state index contributed by atoms with van der Waals surface area (Å²) in [6.07, 6.45) is 3.69.